The Kier molecular flexibility index (Phi) is 5.14. The monoisotopic (exact) mass is 336 g/mol. The number of nitrogens with one attached hydrogen (secondary N) is 1. The zero-order valence-corrected chi connectivity index (χ0v) is 14.1. The van der Waals surface area contributed by atoms with Gasteiger partial charge in [0.15, 0.2) is 0 Å². The van der Waals surface area contributed by atoms with Crippen LogP contribution in [0.15, 0.2) is 42.6 Å². The third kappa shape index (κ3) is 3.72. The fraction of sp³-hybridized carbons (Fsp3) is 0.316. The summed E-state index contributed by atoms with van der Waals surface area (Å²) in [5, 5.41) is 12.2. The van der Waals surface area contributed by atoms with Gasteiger partial charge in [-0.05, 0) is 37.1 Å². The van der Waals surface area contributed by atoms with Crippen molar-refractivity contribution in [2.75, 3.05) is 25.5 Å². The molecule has 1 aliphatic rings. The van der Waals surface area contributed by atoms with E-state index >= 15 is 0 Å². The number of piperidine rings is 1. The number of carbonyl (C=O) groups excluding carboxylic acids is 1. The number of nitriles is 1. The molecule has 0 atom stereocenters. The lowest BCUT2D eigenvalue weighted by Gasteiger charge is -2.29. The topological polar surface area (TPSA) is 78.2 Å². The van der Waals surface area contributed by atoms with E-state index in [1.807, 2.05) is 24.3 Å². The number of pyridine rings is 1. The number of ether oxygens (including phenoxy) is 1. The highest BCUT2D eigenvalue weighted by Gasteiger charge is 2.25. The summed E-state index contributed by atoms with van der Waals surface area (Å²) in [7, 11) is 1.60. The second-order valence-electron chi connectivity index (χ2n) is 5.92. The smallest absolute Gasteiger partial charge is 0.257 e. The standard InChI is InChI=1S/C19H20N4O2/c1-25-17-7-3-2-6-16(17)22-18-15(5-4-10-21-18)19(24)23-11-8-14(13-20)9-12-23/h2-7,10,14H,8-9,11-12H2,1H3,(H,21,22). The number of aromatic nitrogens is 1. The van der Waals surface area contributed by atoms with Crippen LogP contribution in [-0.4, -0.2) is 36.0 Å². The first-order chi connectivity index (χ1) is 12.2. The Hall–Kier alpha value is -3.07. The van der Waals surface area contributed by atoms with Gasteiger partial charge in [-0.25, -0.2) is 4.98 Å². The highest BCUT2D eigenvalue weighted by atomic mass is 16.5. The molecule has 2 aromatic rings. The first-order valence-corrected chi connectivity index (χ1v) is 8.27. The lowest BCUT2D eigenvalue weighted by Crippen LogP contribution is -2.38. The molecule has 6 heteroatoms. The van der Waals surface area contributed by atoms with Crippen molar-refractivity contribution < 1.29 is 9.53 Å². The van der Waals surface area contributed by atoms with Crippen LogP contribution in [0, 0.1) is 17.2 Å². The summed E-state index contributed by atoms with van der Waals surface area (Å²) in [6.45, 7) is 1.19. The number of likely N-dealkylation sites (tertiary alicyclic amines) is 1. The lowest BCUT2D eigenvalue weighted by molar-refractivity contribution is 0.0708. The van der Waals surface area contributed by atoms with Gasteiger partial charge in [-0.3, -0.25) is 4.79 Å². The van der Waals surface area contributed by atoms with Crippen LogP contribution in [0.1, 0.15) is 23.2 Å². The summed E-state index contributed by atoms with van der Waals surface area (Å²) in [6, 6.07) is 13.3. The van der Waals surface area contributed by atoms with Crippen molar-refractivity contribution in [2.45, 2.75) is 12.8 Å². The third-order valence-corrected chi connectivity index (χ3v) is 4.36. The van der Waals surface area contributed by atoms with Gasteiger partial charge in [-0.2, -0.15) is 5.26 Å². The minimum absolute atomic E-state index is 0.0455. The van der Waals surface area contributed by atoms with Gasteiger partial charge >= 0.3 is 0 Å². The maximum absolute atomic E-state index is 12.9. The number of anilines is 2. The molecule has 1 aromatic carbocycles. The van der Waals surface area contributed by atoms with E-state index in [0.29, 0.717) is 30.2 Å². The molecule has 25 heavy (non-hydrogen) atoms. The number of benzene rings is 1. The molecule has 1 N–H and O–H groups in total. The Bertz CT molecular complexity index is 792. The number of carbonyl (C=O) groups is 1. The maximum Gasteiger partial charge on any atom is 0.257 e. The third-order valence-electron chi connectivity index (χ3n) is 4.36. The zero-order chi connectivity index (χ0) is 17.6. The minimum atomic E-state index is -0.0677. The van der Waals surface area contributed by atoms with E-state index in [1.54, 1.807) is 30.3 Å². The molecule has 2 heterocycles. The number of nitrogens with zero attached hydrogens (tertiary/aromatic N) is 3. The average Bonchev–Trinajstić information content (AvgIpc) is 2.68. The van der Waals surface area contributed by atoms with Crippen molar-refractivity contribution in [3.8, 4) is 11.8 Å². The van der Waals surface area contributed by atoms with Gasteiger partial charge in [-0.1, -0.05) is 12.1 Å². The van der Waals surface area contributed by atoms with Crippen molar-refractivity contribution in [2.24, 2.45) is 5.92 Å². The van der Waals surface area contributed by atoms with E-state index < -0.39 is 0 Å². The molecule has 0 spiro atoms. The second-order valence-corrected chi connectivity index (χ2v) is 5.92. The molecule has 1 aromatic heterocycles. The molecular weight excluding hydrogens is 316 g/mol. The van der Waals surface area contributed by atoms with Gasteiger partial charge in [0, 0.05) is 25.2 Å². The molecule has 128 valence electrons. The van der Waals surface area contributed by atoms with E-state index in [9.17, 15) is 4.79 Å². The Morgan fingerprint density at radius 2 is 2.04 bits per heavy atom. The molecule has 1 fully saturated rings. The first kappa shape index (κ1) is 16.8. The second kappa shape index (κ2) is 7.67. The van der Waals surface area contributed by atoms with E-state index in [-0.39, 0.29) is 11.8 Å². The highest BCUT2D eigenvalue weighted by molar-refractivity contribution is 5.99. The highest BCUT2D eigenvalue weighted by Crippen LogP contribution is 2.28. The summed E-state index contributed by atoms with van der Waals surface area (Å²) < 4.78 is 5.34. The molecule has 0 bridgehead atoms. The van der Waals surface area contributed by atoms with Gasteiger partial charge < -0.3 is 15.0 Å². The Labute approximate surface area is 147 Å². The number of methoxy groups -OCH3 is 1. The van der Waals surface area contributed by atoms with Crippen molar-refractivity contribution in [1.82, 2.24) is 9.88 Å². The molecular formula is C19H20N4O2. The van der Waals surface area contributed by atoms with Crippen LogP contribution in [0.25, 0.3) is 0 Å². The summed E-state index contributed by atoms with van der Waals surface area (Å²) in [5.41, 5.74) is 1.27. The first-order valence-electron chi connectivity index (χ1n) is 8.27. The fourth-order valence-electron chi connectivity index (χ4n) is 2.93. The molecule has 0 saturated carbocycles. The number of hydrogen-bond donors (Lipinski definition) is 1. The number of para-hydroxylation sites is 2. The number of rotatable bonds is 4. The van der Waals surface area contributed by atoms with Gasteiger partial charge in [0.1, 0.15) is 11.6 Å². The Balaban J connectivity index is 1.81. The Morgan fingerprint density at radius 3 is 2.76 bits per heavy atom. The predicted octanol–water partition coefficient (Wildman–Crippen LogP) is 3.21. The SMILES string of the molecule is COc1ccccc1Nc1ncccc1C(=O)N1CCC(C#N)CC1. The molecule has 1 aliphatic heterocycles. The van der Waals surface area contributed by atoms with E-state index in [0.717, 1.165) is 18.5 Å². The zero-order valence-electron chi connectivity index (χ0n) is 14.1. The van der Waals surface area contributed by atoms with E-state index in [2.05, 4.69) is 16.4 Å². The fourth-order valence-corrected chi connectivity index (χ4v) is 2.93. The van der Waals surface area contributed by atoms with Crippen LogP contribution in [0.3, 0.4) is 0 Å². The van der Waals surface area contributed by atoms with Crippen LogP contribution >= 0.6 is 0 Å². The molecule has 1 saturated heterocycles. The van der Waals surface area contributed by atoms with Crippen LogP contribution in [0.5, 0.6) is 5.75 Å². The largest absolute Gasteiger partial charge is 0.495 e. The van der Waals surface area contributed by atoms with Crippen LogP contribution in [0.4, 0.5) is 11.5 Å². The quantitative estimate of drug-likeness (QED) is 0.927. The van der Waals surface area contributed by atoms with Crippen molar-refractivity contribution in [1.29, 1.82) is 5.26 Å². The molecule has 1 amide bonds. The minimum Gasteiger partial charge on any atom is -0.495 e. The predicted molar refractivity (Wildman–Crippen MR) is 94.8 cm³/mol. The summed E-state index contributed by atoms with van der Waals surface area (Å²) in [5.74, 6) is 1.16. The lowest BCUT2D eigenvalue weighted by atomic mass is 9.98. The molecule has 3 rings (SSSR count). The summed E-state index contributed by atoms with van der Waals surface area (Å²) >= 11 is 0. The Morgan fingerprint density at radius 1 is 1.28 bits per heavy atom. The van der Waals surface area contributed by atoms with Crippen LogP contribution in [0.2, 0.25) is 0 Å². The molecule has 0 unspecified atom stereocenters. The van der Waals surface area contributed by atoms with Gasteiger partial charge in [0.2, 0.25) is 0 Å². The summed E-state index contributed by atoms with van der Waals surface area (Å²) in [6.07, 6.45) is 3.09. The molecule has 0 aliphatic carbocycles. The van der Waals surface area contributed by atoms with E-state index in [4.69, 9.17) is 10.00 Å². The molecule has 0 radical (unpaired) electrons. The van der Waals surface area contributed by atoms with Crippen LogP contribution in [-0.2, 0) is 0 Å². The number of hydrogen-bond acceptors (Lipinski definition) is 5. The number of amides is 1. The normalized spacial score (nSPS) is 14.6. The van der Waals surface area contributed by atoms with Crippen molar-refractivity contribution in [3.05, 3.63) is 48.2 Å². The summed E-state index contributed by atoms with van der Waals surface area (Å²) in [4.78, 5) is 19.0. The van der Waals surface area contributed by atoms with Gasteiger partial charge in [0.05, 0.1) is 24.4 Å². The van der Waals surface area contributed by atoms with Crippen molar-refractivity contribution >= 4 is 17.4 Å². The van der Waals surface area contributed by atoms with Crippen molar-refractivity contribution in [3.63, 3.8) is 0 Å². The van der Waals surface area contributed by atoms with E-state index in [1.165, 1.54) is 0 Å². The van der Waals surface area contributed by atoms with Crippen LogP contribution < -0.4 is 10.1 Å². The molecule has 6 nitrogen and oxygen atoms in total. The maximum atomic E-state index is 12.9. The average molecular weight is 336 g/mol. The van der Waals surface area contributed by atoms with Gasteiger partial charge in [-0.15, -0.1) is 0 Å². The van der Waals surface area contributed by atoms with Gasteiger partial charge in [0.25, 0.3) is 5.91 Å².